The first-order chi connectivity index (χ1) is 9.70. The van der Waals surface area contributed by atoms with Crippen LogP contribution in [0.25, 0.3) is 0 Å². The molecule has 0 saturated carbocycles. The molecule has 0 heterocycles. The lowest BCUT2D eigenvalue weighted by molar-refractivity contribution is 0.0186. The van der Waals surface area contributed by atoms with Crippen molar-refractivity contribution in [1.82, 2.24) is 10.2 Å². The predicted octanol–water partition coefficient (Wildman–Crippen LogP) is 0.0799. The Bertz CT molecular complexity index is 229. The molecule has 7 heteroatoms. The van der Waals surface area contributed by atoms with Crippen LogP contribution in [0.15, 0.2) is 0 Å². The van der Waals surface area contributed by atoms with Gasteiger partial charge < -0.3 is 29.5 Å². The maximum Gasteiger partial charge on any atom is 0.407 e. The Hall–Kier alpha value is -0.890. The lowest BCUT2D eigenvalue weighted by Gasteiger charge is -2.15. The second kappa shape index (κ2) is 14.5. The number of hydrogen-bond acceptors (Lipinski definition) is 6. The van der Waals surface area contributed by atoms with E-state index in [-0.39, 0.29) is 13.2 Å². The van der Waals surface area contributed by atoms with E-state index in [4.69, 9.17) is 19.3 Å². The third-order valence-corrected chi connectivity index (χ3v) is 2.44. The number of nitrogens with one attached hydrogen (secondary N) is 1. The van der Waals surface area contributed by atoms with Gasteiger partial charge in [-0.3, -0.25) is 0 Å². The number of carbonyl (C=O) groups excluding carboxylic acids is 1. The Balaban J connectivity index is 3.24. The Labute approximate surface area is 121 Å². The first kappa shape index (κ1) is 19.1. The summed E-state index contributed by atoms with van der Waals surface area (Å²) in [6.07, 6.45) is 0.676. The molecular weight excluding hydrogens is 264 g/mol. The Morgan fingerprint density at radius 1 is 1.10 bits per heavy atom. The fourth-order valence-electron chi connectivity index (χ4n) is 1.47. The van der Waals surface area contributed by atoms with E-state index in [0.717, 1.165) is 19.5 Å². The maximum absolute atomic E-state index is 11.3. The molecule has 0 aromatic carbocycles. The fraction of sp³-hybridized carbons (Fsp3) is 0.923. The van der Waals surface area contributed by atoms with Crippen LogP contribution in [-0.4, -0.2) is 82.4 Å². The summed E-state index contributed by atoms with van der Waals surface area (Å²) in [5.74, 6) is 0. The molecule has 0 unspecified atom stereocenters. The van der Waals surface area contributed by atoms with Crippen molar-refractivity contribution in [3.05, 3.63) is 0 Å². The van der Waals surface area contributed by atoms with Crippen LogP contribution in [0.5, 0.6) is 0 Å². The van der Waals surface area contributed by atoms with Gasteiger partial charge in [-0.1, -0.05) is 6.92 Å². The second-order valence-corrected chi connectivity index (χ2v) is 4.31. The third kappa shape index (κ3) is 13.5. The smallest absolute Gasteiger partial charge is 0.407 e. The molecule has 0 aromatic rings. The number of aliphatic hydroxyl groups is 1. The minimum Gasteiger partial charge on any atom is -0.447 e. The van der Waals surface area contributed by atoms with E-state index >= 15 is 0 Å². The van der Waals surface area contributed by atoms with Gasteiger partial charge in [0.05, 0.1) is 33.0 Å². The number of nitrogens with zero attached hydrogens (tertiary/aromatic N) is 1. The highest BCUT2D eigenvalue weighted by Gasteiger charge is 2.02. The first-order valence-electron chi connectivity index (χ1n) is 7.06. The van der Waals surface area contributed by atoms with Crippen LogP contribution in [-0.2, 0) is 14.2 Å². The molecule has 120 valence electrons. The van der Waals surface area contributed by atoms with Gasteiger partial charge in [0.1, 0.15) is 6.61 Å². The molecule has 0 rings (SSSR count). The lowest BCUT2D eigenvalue weighted by Crippen LogP contribution is -2.34. The summed E-state index contributed by atoms with van der Waals surface area (Å²) in [6, 6.07) is 0. The predicted molar refractivity (Wildman–Crippen MR) is 75.9 cm³/mol. The summed E-state index contributed by atoms with van der Waals surface area (Å²) in [6.45, 7) is 6.25. The minimum absolute atomic E-state index is 0.0106. The minimum atomic E-state index is -0.421. The number of amides is 1. The molecule has 0 aliphatic carbocycles. The molecule has 0 spiro atoms. The van der Waals surface area contributed by atoms with Crippen molar-refractivity contribution < 1.29 is 24.1 Å². The number of rotatable bonds is 13. The maximum atomic E-state index is 11.3. The zero-order chi connectivity index (χ0) is 15.1. The highest BCUT2D eigenvalue weighted by atomic mass is 16.6. The van der Waals surface area contributed by atoms with Gasteiger partial charge >= 0.3 is 6.09 Å². The number of aliphatic hydroxyl groups excluding tert-OH is 1. The van der Waals surface area contributed by atoms with Crippen LogP contribution >= 0.6 is 0 Å². The average Bonchev–Trinajstić information content (AvgIpc) is 2.42. The van der Waals surface area contributed by atoms with Gasteiger partial charge in [0.25, 0.3) is 0 Å². The van der Waals surface area contributed by atoms with E-state index in [9.17, 15) is 4.79 Å². The summed E-state index contributed by atoms with van der Waals surface area (Å²) in [5.41, 5.74) is 0. The van der Waals surface area contributed by atoms with Crippen LogP contribution in [0.1, 0.15) is 13.3 Å². The summed E-state index contributed by atoms with van der Waals surface area (Å²) < 4.78 is 15.1. The molecule has 2 N–H and O–H groups in total. The molecule has 0 aliphatic heterocycles. The van der Waals surface area contributed by atoms with Gasteiger partial charge in [-0.2, -0.15) is 0 Å². The van der Waals surface area contributed by atoms with Crippen molar-refractivity contribution >= 4 is 6.09 Å². The van der Waals surface area contributed by atoms with Crippen molar-refractivity contribution in [3.63, 3.8) is 0 Å². The monoisotopic (exact) mass is 292 g/mol. The van der Waals surface area contributed by atoms with Crippen molar-refractivity contribution in [2.24, 2.45) is 0 Å². The zero-order valence-corrected chi connectivity index (χ0v) is 12.6. The normalized spacial score (nSPS) is 10.8. The summed E-state index contributed by atoms with van der Waals surface area (Å²) in [5, 5.41) is 11.1. The molecule has 0 aliphatic rings. The van der Waals surface area contributed by atoms with Crippen LogP contribution in [0.4, 0.5) is 4.79 Å². The summed E-state index contributed by atoms with van der Waals surface area (Å²) in [4.78, 5) is 13.4. The van der Waals surface area contributed by atoms with Gasteiger partial charge in [0.15, 0.2) is 0 Å². The molecule has 0 aromatic heterocycles. The molecule has 0 fully saturated rings. The Kier molecular flexibility index (Phi) is 13.9. The van der Waals surface area contributed by atoms with E-state index in [2.05, 4.69) is 17.1 Å². The quantitative estimate of drug-likeness (QED) is 0.468. The standard InChI is InChI=1S/C13H28N2O5/c1-3-5-15(2)6-4-14-13(17)20-12-11-19-10-9-18-8-7-16/h16H,3-12H2,1-2H3,(H,14,17). The summed E-state index contributed by atoms with van der Waals surface area (Å²) in [7, 11) is 2.02. The largest absolute Gasteiger partial charge is 0.447 e. The van der Waals surface area contributed by atoms with E-state index in [0.29, 0.717) is 33.0 Å². The van der Waals surface area contributed by atoms with Crippen LogP contribution < -0.4 is 5.32 Å². The highest BCUT2D eigenvalue weighted by molar-refractivity contribution is 5.67. The number of ether oxygens (including phenoxy) is 3. The molecule has 7 nitrogen and oxygen atoms in total. The molecule has 0 atom stereocenters. The summed E-state index contributed by atoms with van der Waals surface area (Å²) >= 11 is 0. The number of hydrogen-bond donors (Lipinski definition) is 2. The second-order valence-electron chi connectivity index (χ2n) is 4.31. The lowest BCUT2D eigenvalue weighted by atomic mass is 10.4. The van der Waals surface area contributed by atoms with Gasteiger partial charge in [0.2, 0.25) is 0 Å². The van der Waals surface area contributed by atoms with Crippen LogP contribution in [0.3, 0.4) is 0 Å². The average molecular weight is 292 g/mol. The van der Waals surface area contributed by atoms with Gasteiger partial charge in [0, 0.05) is 13.1 Å². The van der Waals surface area contributed by atoms with Crippen molar-refractivity contribution in [3.8, 4) is 0 Å². The van der Waals surface area contributed by atoms with E-state index in [1.54, 1.807) is 0 Å². The molecule has 1 amide bonds. The van der Waals surface area contributed by atoms with E-state index in [1.165, 1.54) is 0 Å². The first-order valence-corrected chi connectivity index (χ1v) is 7.06. The van der Waals surface area contributed by atoms with Gasteiger partial charge in [-0.05, 0) is 20.0 Å². The van der Waals surface area contributed by atoms with E-state index < -0.39 is 6.09 Å². The molecule has 0 radical (unpaired) electrons. The number of likely N-dealkylation sites (N-methyl/N-ethyl adjacent to an activating group) is 1. The topological polar surface area (TPSA) is 80.3 Å². The van der Waals surface area contributed by atoms with Crippen molar-refractivity contribution in [2.45, 2.75) is 13.3 Å². The molecular formula is C13H28N2O5. The van der Waals surface area contributed by atoms with Gasteiger partial charge in [-0.25, -0.2) is 4.79 Å². The number of alkyl carbamates (subject to hydrolysis) is 1. The van der Waals surface area contributed by atoms with Gasteiger partial charge in [-0.15, -0.1) is 0 Å². The zero-order valence-electron chi connectivity index (χ0n) is 12.6. The Morgan fingerprint density at radius 3 is 2.40 bits per heavy atom. The van der Waals surface area contributed by atoms with Crippen molar-refractivity contribution in [1.29, 1.82) is 0 Å². The van der Waals surface area contributed by atoms with Crippen LogP contribution in [0.2, 0.25) is 0 Å². The van der Waals surface area contributed by atoms with E-state index in [1.807, 2.05) is 7.05 Å². The molecule has 20 heavy (non-hydrogen) atoms. The number of carbonyl (C=O) groups is 1. The fourth-order valence-corrected chi connectivity index (χ4v) is 1.47. The SMILES string of the molecule is CCCN(C)CCNC(=O)OCCOCCOCCO. The third-order valence-electron chi connectivity index (χ3n) is 2.44. The Morgan fingerprint density at radius 2 is 1.75 bits per heavy atom. The molecule has 0 bridgehead atoms. The van der Waals surface area contributed by atoms with Crippen LogP contribution in [0, 0.1) is 0 Å². The molecule has 0 saturated heterocycles. The highest BCUT2D eigenvalue weighted by Crippen LogP contribution is 1.85. The van der Waals surface area contributed by atoms with Crippen molar-refractivity contribution in [2.75, 3.05) is 66.3 Å².